The normalized spacial score (nSPS) is 16.4. The Balaban J connectivity index is 3.12. The fourth-order valence-corrected chi connectivity index (χ4v) is 2.79. The van der Waals surface area contributed by atoms with Crippen LogP contribution < -0.4 is 11.2 Å². The van der Waals surface area contributed by atoms with E-state index in [4.69, 9.17) is 24.0 Å². The van der Waals surface area contributed by atoms with Gasteiger partial charge in [0.25, 0.3) is 5.56 Å². The third-order valence-electron chi connectivity index (χ3n) is 3.31. The van der Waals surface area contributed by atoms with Crippen molar-refractivity contribution in [3.63, 3.8) is 0 Å². The zero-order chi connectivity index (χ0) is 22.8. The van der Waals surface area contributed by atoms with Gasteiger partial charge in [-0.25, -0.2) is 9.36 Å². The Hall–Kier alpha value is -1.44. The zero-order valence-electron chi connectivity index (χ0n) is 16.2. The summed E-state index contributed by atoms with van der Waals surface area (Å²) in [6.45, 7) is -0.537. The second-order valence-electron chi connectivity index (χ2n) is 5.59. The molecule has 1 aromatic heterocycles. The molecule has 30 heavy (non-hydrogen) atoms. The summed E-state index contributed by atoms with van der Waals surface area (Å²) in [5.41, 5.74) is -1.50. The molecule has 14 nitrogen and oxygen atoms in total. The Morgan fingerprint density at radius 2 is 1.87 bits per heavy atom. The van der Waals surface area contributed by atoms with Crippen LogP contribution in [0.1, 0.15) is 6.23 Å². The Kier molecular flexibility index (Phi) is 11.0. The number of H-pyrrole nitrogens is 1. The van der Waals surface area contributed by atoms with Crippen molar-refractivity contribution >= 4 is 15.4 Å². The molecule has 0 saturated heterocycles. The number of ether oxygens (including phenoxy) is 3. The van der Waals surface area contributed by atoms with Gasteiger partial charge in [0.1, 0.15) is 6.10 Å². The van der Waals surface area contributed by atoms with Gasteiger partial charge in [0.2, 0.25) is 0 Å². The van der Waals surface area contributed by atoms with Crippen LogP contribution in [0.4, 0.5) is 0 Å². The Labute approximate surface area is 170 Å². The highest BCUT2D eigenvalue weighted by Crippen LogP contribution is 2.42. The van der Waals surface area contributed by atoms with Crippen LogP contribution in [-0.2, 0) is 32.4 Å². The number of nitrogens with one attached hydrogen (secondary N) is 1. The maximum absolute atomic E-state index is 12.1. The predicted octanol–water partition coefficient (Wildman–Crippen LogP) is -0.462. The van der Waals surface area contributed by atoms with Crippen molar-refractivity contribution in [2.75, 3.05) is 40.6 Å². The molecule has 1 unspecified atom stereocenters. The molecule has 0 aromatic carbocycles. The highest BCUT2D eigenvalue weighted by molar-refractivity contribution is 7.55. The first-order valence-electron chi connectivity index (χ1n) is 8.28. The topological polar surface area (TPSA) is 196 Å². The Morgan fingerprint density at radius 1 is 1.17 bits per heavy atom. The van der Waals surface area contributed by atoms with Crippen molar-refractivity contribution < 1.29 is 47.1 Å². The fourth-order valence-electron chi connectivity index (χ4n) is 1.94. The molecule has 0 saturated carbocycles. The lowest BCUT2D eigenvalue weighted by molar-refractivity contribution is -0.0978. The number of hydrogen-bond acceptors (Lipinski definition) is 9. The van der Waals surface area contributed by atoms with Crippen LogP contribution in [-0.4, -0.2) is 71.0 Å². The number of phosphoric ester groups is 1. The van der Waals surface area contributed by atoms with Gasteiger partial charge >= 0.3 is 21.1 Å². The summed E-state index contributed by atoms with van der Waals surface area (Å²) in [4.78, 5) is 52.9. The molecule has 1 heterocycles. The Bertz CT molecular complexity index is 891. The molecule has 0 radical (unpaired) electrons. The average molecular weight is 474 g/mol. The predicted molar refractivity (Wildman–Crippen MR) is 102 cm³/mol. The van der Waals surface area contributed by atoms with Crippen LogP contribution in [0.2, 0.25) is 0 Å². The van der Waals surface area contributed by atoms with Crippen LogP contribution >= 0.6 is 15.4 Å². The summed E-state index contributed by atoms with van der Waals surface area (Å²) in [7, 11) is -6.64. The first-order valence-corrected chi connectivity index (χ1v) is 11.5. The number of nitrogens with zero attached hydrogens (tertiary/aromatic N) is 1. The van der Waals surface area contributed by atoms with Crippen LogP contribution in [0.25, 0.3) is 0 Å². The number of rotatable bonds is 14. The summed E-state index contributed by atoms with van der Waals surface area (Å²) < 4.78 is 48.4. The van der Waals surface area contributed by atoms with Crippen LogP contribution in [0.3, 0.4) is 0 Å². The van der Waals surface area contributed by atoms with Gasteiger partial charge in [-0.05, 0) is 6.08 Å². The molecule has 0 aliphatic heterocycles. The summed E-state index contributed by atoms with van der Waals surface area (Å²) in [6.07, 6.45) is -0.498. The van der Waals surface area contributed by atoms with Crippen molar-refractivity contribution in [2.24, 2.45) is 0 Å². The molecule has 0 aliphatic carbocycles. The molecule has 0 bridgehead atoms. The number of aromatic nitrogens is 2. The van der Waals surface area contributed by atoms with E-state index >= 15 is 0 Å². The minimum absolute atomic E-state index is 0.128. The van der Waals surface area contributed by atoms with E-state index in [1.165, 1.54) is 7.11 Å². The van der Waals surface area contributed by atoms with E-state index in [1.807, 2.05) is 4.98 Å². The van der Waals surface area contributed by atoms with Gasteiger partial charge in [-0.15, -0.1) is 0 Å². The zero-order valence-corrected chi connectivity index (χ0v) is 17.9. The highest BCUT2D eigenvalue weighted by atomic mass is 31.2. The van der Waals surface area contributed by atoms with Gasteiger partial charge < -0.3 is 28.9 Å². The SMILES string of the molecule is COCCOC[C@@H](O[C@H](/C=C/P(=O)(O)O)COP(=O)(O)OC)n1ccc(=O)[nH]c1=O. The minimum atomic E-state index is -4.60. The van der Waals surface area contributed by atoms with E-state index in [0.29, 0.717) is 5.82 Å². The van der Waals surface area contributed by atoms with Gasteiger partial charge in [-0.1, -0.05) is 0 Å². The molecule has 172 valence electrons. The monoisotopic (exact) mass is 474 g/mol. The van der Waals surface area contributed by atoms with E-state index < -0.39 is 45.6 Å². The molecule has 1 aromatic rings. The molecule has 0 spiro atoms. The number of methoxy groups -OCH3 is 1. The molecule has 4 N–H and O–H groups in total. The van der Waals surface area contributed by atoms with E-state index in [-0.39, 0.29) is 19.8 Å². The van der Waals surface area contributed by atoms with E-state index in [9.17, 15) is 23.6 Å². The summed E-state index contributed by atoms with van der Waals surface area (Å²) >= 11 is 0. The molecule has 0 amide bonds. The van der Waals surface area contributed by atoms with Crippen molar-refractivity contribution in [3.05, 3.63) is 45.0 Å². The van der Waals surface area contributed by atoms with Gasteiger partial charge in [-0.3, -0.25) is 28.0 Å². The van der Waals surface area contributed by atoms with Crippen LogP contribution in [0, 0.1) is 0 Å². The maximum atomic E-state index is 12.1. The van der Waals surface area contributed by atoms with Gasteiger partial charge in [0, 0.05) is 32.3 Å². The molecule has 16 heteroatoms. The largest absolute Gasteiger partial charge is 0.472 e. The standard InChI is InChI=1S/C14H24N2O12P2/c1-24-6-7-26-10-13(16-5-3-12(17)15-14(16)18)28-11(4-8-29(19,20)21)9-27-30(22,23)25-2/h3-5,8,11,13H,6-7,9-10H2,1-2H3,(H,22,23)(H,15,17,18)(H2,19,20,21)/b8-4+/t11-,13-/m1/s1. The molecule has 0 aliphatic rings. The maximum Gasteiger partial charge on any atom is 0.472 e. The first-order chi connectivity index (χ1) is 14.0. The lowest BCUT2D eigenvalue weighted by Gasteiger charge is -2.25. The van der Waals surface area contributed by atoms with E-state index in [1.54, 1.807) is 0 Å². The first kappa shape index (κ1) is 26.6. The molecular formula is C14H24N2O12P2. The number of phosphoric acid groups is 1. The van der Waals surface area contributed by atoms with E-state index in [2.05, 4.69) is 9.05 Å². The third-order valence-corrected chi connectivity index (χ3v) is 4.81. The van der Waals surface area contributed by atoms with E-state index in [0.717, 1.165) is 30.0 Å². The summed E-state index contributed by atoms with van der Waals surface area (Å²) in [5, 5.41) is 0. The van der Waals surface area contributed by atoms with Gasteiger partial charge in [0.05, 0.1) is 26.4 Å². The van der Waals surface area contributed by atoms with Crippen molar-refractivity contribution in [2.45, 2.75) is 12.3 Å². The Morgan fingerprint density at radius 3 is 2.43 bits per heavy atom. The molecule has 0 fully saturated rings. The van der Waals surface area contributed by atoms with Crippen molar-refractivity contribution in [1.82, 2.24) is 9.55 Å². The van der Waals surface area contributed by atoms with Crippen LogP contribution in [0.15, 0.2) is 33.7 Å². The summed E-state index contributed by atoms with van der Waals surface area (Å²) in [5.74, 6) is 0.509. The average Bonchev–Trinajstić information content (AvgIpc) is 2.65. The molecule has 1 rings (SSSR count). The molecule has 3 atom stereocenters. The lowest BCUT2D eigenvalue weighted by Crippen LogP contribution is -2.36. The smallest absolute Gasteiger partial charge is 0.382 e. The second kappa shape index (κ2) is 12.4. The quantitative estimate of drug-likeness (QED) is 0.200. The number of aromatic amines is 1. The minimum Gasteiger partial charge on any atom is -0.382 e. The fraction of sp³-hybridized carbons (Fsp3) is 0.571. The van der Waals surface area contributed by atoms with Crippen LogP contribution in [0.5, 0.6) is 0 Å². The molecular weight excluding hydrogens is 450 g/mol. The summed E-state index contributed by atoms with van der Waals surface area (Å²) in [6, 6.07) is 1.05. The van der Waals surface area contributed by atoms with Crippen molar-refractivity contribution in [3.8, 4) is 0 Å². The van der Waals surface area contributed by atoms with Gasteiger partial charge in [-0.2, -0.15) is 0 Å². The highest BCUT2D eigenvalue weighted by Gasteiger charge is 2.25. The second-order valence-corrected chi connectivity index (χ2v) is 8.63. The van der Waals surface area contributed by atoms with Gasteiger partial charge in [0.15, 0.2) is 6.23 Å². The lowest BCUT2D eigenvalue weighted by atomic mass is 10.3. The third kappa shape index (κ3) is 10.5. The van der Waals surface area contributed by atoms with Crippen molar-refractivity contribution in [1.29, 1.82) is 0 Å². The number of hydrogen-bond donors (Lipinski definition) is 4.